The van der Waals surface area contributed by atoms with Gasteiger partial charge < -0.3 is 10.6 Å². The maximum Gasteiger partial charge on any atom is 0.241 e. The van der Waals surface area contributed by atoms with Crippen molar-refractivity contribution in [2.45, 2.75) is 37.9 Å². The molecule has 1 aliphatic rings. The van der Waals surface area contributed by atoms with Gasteiger partial charge in [0.05, 0.1) is 0 Å². The van der Waals surface area contributed by atoms with Crippen molar-refractivity contribution in [2.75, 3.05) is 25.9 Å². The summed E-state index contributed by atoms with van der Waals surface area (Å²) in [5.74, 6) is -0.356. The Kier molecular flexibility index (Phi) is 5.47. The van der Waals surface area contributed by atoms with E-state index in [9.17, 15) is 13.2 Å². The van der Waals surface area contributed by atoms with Crippen LogP contribution in [0.15, 0.2) is 18.2 Å². The van der Waals surface area contributed by atoms with Crippen LogP contribution < -0.4 is 10.6 Å². The second kappa shape index (κ2) is 7.01. The van der Waals surface area contributed by atoms with E-state index >= 15 is 0 Å². The van der Waals surface area contributed by atoms with Crippen LogP contribution in [0.2, 0.25) is 0 Å². The number of nitrogens with one attached hydrogen (secondary N) is 2. The summed E-state index contributed by atoms with van der Waals surface area (Å²) in [4.78, 5) is 12.6. The van der Waals surface area contributed by atoms with Gasteiger partial charge in [-0.05, 0) is 51.8 Å². The predicted octanol–water partition coefficient (Wildman–Crippen LogP) is 1.13. The largest absolute Gasteiger partial charge is 0.354 e. The molecular formula is C17H26N2O3S. The first-order valence-corrected chi connectivity index (χ1v) is 9.89. The van der Waals surface area contributed by atoms with Crippen molar-refractivity contribution in [1.82, 2.24) is 10.6 Å². The maximum absolute atomic E-state index is 12.6. The SMILES string of the molecule is Cc1cc(C)cc(CCNC(=O)C2(S(C)(=O)=O)CCNCC2)c1. The topological polar surface area (TPSA) is 75.3 Å². The lowest BCUT2D eigenvalue weighted by Gasteiger charge is -2.34. The summed E-state index contributed by atoms with van der Waals surface area (Å²) in [7, 11) is -3.45. The fourth-order valence-electron chi connectivity index (χ4n) is 3.29. The highest BCUT2D eigenvalue weighted by atomic mass is 32.2. The lowest BCUT2D eigenvalue weighted by molar-refractivity contribution is -0.124. The van der Waals surface area contributed by atoms with Crippen LogP contribution in [-0.4, -0.2) is 45.0 Å². The van der Waals surface area contributed by atoms with Gasteiger partial charge in [-0.25, -0.2) is 8.42 Å². The molecule has 0 radical (unpaired) electrons. The summed E-state index contributed by atoms with van der Waals surface area (Å²) in [5, 5.41) is 5.96. The number of hydrogen-bond acceptors (Lipinski definition) is 4. The van der Waals surface area contributed by atoms with Crippen molar-refractivity contribution in [3.8, 4) is 0 Å². The van der Waals surface area contributed by atoms with Crippen LogP contribution in [0.25, 0.3) is 0 Å². The molecule has 1 fully saturated rings. The average molecular weight is 338 g/mol. The molecule has 1 aliphatic heterocycles. The Morgan fingerprint density at radius 1 is 1.17 bits per heavy atom. The van der Waals surface area contributed by atoms with E-state index in [1.807, 2.05) is 13.8 Å². The van der Waals surface area contributed by atoms with Gasteiger partial charge in [-0.3, -0.25) is 4.79 Å². The number of carbonyl (C=O) groups is 1. The van der Waals surface area contributed by atoms with Crippen molar-refractivity contribution in [3.63, 3.8) is 0 Å². The Morgan fingerprint density at radius 2 is 1.74 bits per heavy atom. The van der Waals surface area contributed by atoms with Gasteiger partial charge in [-0.1, -0.05) is 29.3 Å². The summed E-state index contributed by atoms with van der Waals surface area (Å²) in [6, 6.07) is 6.29. The number of aryl methyl sites for hydroxylation is 2. The minimum absolute atomic E-state index is 0.335. The Bertz CT molecular complexity index is 657. The molecule has 2 rings (SSSR count). The minimum atomic E-state index is -3.45. The predicted molar refractivity (Wildman–Crippen MR) is 92.3 cm³/mol. The second-order valence-electron chi connectivity index (χ2n) is 6.52. The first-order valence-electron chi connectivity index (χ1n) is 8.00. The summed E-state index contributed by atoms with van der Waals surface area (Å²) >= 11 is 0. The van der Waals surface area contributed by atoms with E-state index in [2.05, 4.69) is 28.8 Å². The molecule has 0 spiro atoms. The zero-order valence-corrected chi connectivity index (χ0v) is 14.9. The molecular weight excluding hydrogens is 312 g/mol. The highest BCUT2D eigenvalue weighted by molar-refractivity contribution is 7.92. The molecule has 0 saturated carbocycles. The maximum atomic E-state index is 12.6. The van der Waals surface area contributed by atoms with Crippen molar-refractivity contribution < 1.29 is 13.2 Å². The normalized spacial score (nSPS) is 17.7. The smallest absolute Gasteiger partial charge is 0.241 e. The van der Waals surface area contributed by atoms with Gasteiger partial charge in [-0.2, -0.15) is 0 Å². The number of sulfone groups is 1. The van der Waals surface area contributed by atoms with E-state index in [-0.39, 0.29) is 5.91 Å². The fourth-order valence-corrected chi connectivity index (χ4v) is 4.65. The number of hydrogen-bond donors (Lipinski definition) is 2. The molecule has 23 heavy (non-hydrogen) atoms. The zero-order valence-electron chi connectivity index (χ0n) is 14.1. The lowest BCUT2D eigenvalue weighted by atomic mass is 9.95. The van der Waals surface area contributed by atoms with Gasteiger partial charge in [0.15, 0.2) is 14.6 Å². The number of rotatable bonds is 5. The molecule has 128 valence electrons. The zero-order chi connectivity index (χ0) is 17.1. The molecule has 0 aliphatic carbocycles. The molecule has 1 amide bonds. The highest BCUT2D eigenvalue weighted by Crippen LogP contribution is 2.27. The molecule has 1 aromatic carbocycles. The molecule has 0 atom stereocenters. The summed E-state index contributed by atoms with van der Waals surface area (Å²) < 4.78 is 23.1. The third kappa shape index (κ3) is 4.12. The van der Waals surface area contributed by atoms with Gasteiger partial charge in [0.1, 0.15) is 0 Å². The van der Waals surface area contributed by atoms with Crippen LogP contribution in [-0.2, 0) is 21.1 Å². The summed E-state index contributed by atoms with van der Waals surface area (Å²) in [5.41, 5.74) is 3.54. The van der Waals surface area contributed by atoms with Gasteiger partial charge in [-0.15, -0.1) is 0 Å². The van der Waals surface area contributed by atoms with Crippen molar-refractivity contribution >= 4 is 15.7 Å². The van der Waals surface area contributed by atoms with Gasteiger partial charge >= 0.3 is 0 Å². The molecule has 0 bridgehead atoms. The highest BCUT2D eigenvalue weighted by Gasteiger charge is 2.48. The Labute approximate surface area is 138 Å². The fraction of sp³-hybridized carbons (Fsp3) is 0.588. The summed E-state index contributed by atoms with van der Waals surface area (Å²) in [6.45, 7) is 5.65. The average Bonchev–Trinajstić information content (AvgIpc) is 2.45. The van der Waals surface area contributed by atoms with Crippen molar-refractivity contribution in [1.29, 1.82) is 0 Å². The van der Waals surface area contributed by atoms with Crippen LogP contribution >= 0.6 is 0 Å². The van der Waals surface area contributed by atoms with Gasteiger partial charge in [0, 0.05) is 12.8 Å². The monoisotopic (exact) mass is 338 g/mol. The Balaban J connectivity index is 2.02. The van der Waals surface area contributed by atoms with E-state index in [0.717, 1.165) is 5.56 Å². The molecule has 0 aromatic heterocycles. The van der Waals surface area contributed by atoms with E-state index in [1.54, 1.807) is 0 Å². The quantitative estimate of drug-likeness (QED) is 0.844. The van der Waals surface area contributed by atoms with Crippen molar-refractivity contribution in [3.05, 3.63) is 34.9 Å². The van der Waals surface area contributed by atoms with Crippen LogP contribution in [0.5, 0.6) is 0 Å². The minimum Gasteiger partial charge on any atom is -0.354 e. The van der Waals surface area contributed by atoms with E-state index < -0.39 is 14.6 Å². The number of carbonyl (C=O) groups excluding carboxylic acids is 1. The summed E-state index contributed by atoms with van der Waals surface area (Å²) in [6.07, 6.45) is 2.54. The van der Waals surface area contributed by atoms with Crippen LogP contribution in [0.4, 0.5) is 0 Å². The lowest BCUT2D eigenvalue weighted by Crippen LogP contribution is -2.57. The molecule has 2 N–H and O–H groups in total. The Hall–Kier alpha value is -1.40. The van der Waals surface area contributed by atoms with Crippen LogP contribution in [0.1, 0.15) is 29.5 Å². The van der Waals surface area contributed by atoms with E-state index in [0.29, 0.717) is 38.9 Å². The number of benzene rings is 1. The number of piperidine rings is 1. The van der Waals surface area contributed by atoms with Gasteiger partial charge in [0.25, 0.3) is 0 Å². The van der Waals surface area contributed by atoms with Crippen LogP contribution in [0, 0.1) is 13.8 Å². The Morgan fingerprint density at radius 3 is 2.26 bits per heavy atom. The number of amides is 1. The molecule has 1 aromatic rings. The van der Waals surface area contributed by atoms with Crippen molar-refractivity contribution in [2.24, 2.45) is 0 Å². The molecule has 6 heteroatoms. The molecule has 5 nitrogen and oxygen atoms in total. The first-order chi connectivity index (χ1) is 10.7. The van der Waals surface area contributed by atoms with E-state index in [4.69, 9.17) is 0 Å². The first kappa shape index (κ1) is 17.9. The van der Waals surface area contributed by atoms with Gasteiger partial charge in [0.2, 0.25) is 5.91 Å². The van der Waals surface area contributed by atoms with Crippen LogP contribution in [0.3, 0.4) is 0 Å². The second-order valence-corrected chi connectivity index (χ2v) is 8.84. The molecule has 0 unspecified atom stereocenters. The third-order valence-electron chi connectivity index (χ3n) is 4.52. The third-order valence-corrected chi connectivity index (χ3v) is 6.53. The molecule has 1 heterocycles. The van der Waals surface area contributed by atoms with E-state index in [1.165, 1.54) is 17.4 Å². The standard InChI is InChI=1S/C17H26N2O3S/c1-13-10-14(2)12-15(11-13)4-7-19-16(20)17(23(3,21)22)5-8-18-9-6-17/h10-12,18H,4-9H2,1-3H3,(H,19,20). The molecule has 1 saturated heterocycles.